The van der Waals surface area contributed by atoms with Gasteiger partial charge in [-0.1, -0.05) is 12.1 Å². The topological polar surface area (TPSA) is 32.5 Å². The number of nitrogens with two attached hydrogens (primary N) is 1. The van der Waals surface area contributed by atoms with Gasteiger partial charge in [-0.05, 0) is 11.6 Å². The summed E-state index contributed by atoms with van der Waals surface area (Å²) < 4.78 is 50.7. The zero-order valence-corrected chi connectivity index (χ0v) is 11.7. The second kappa shape index (κ2) is 6.72. The first-order valence-corrected chi connectivity index (χ1v) is 6.86. The third-order valence-corrected chi connectivity index (χ3v) is 3.61. The number of alkyl halides is 3. The van der Waals surface area contributed by atoms with E-state index >= 15 is 0 Å². The molecule has 1 aliphatic rings. The lowest BCUT2D eigenvalue weighted by atomic mass is 10.1. The molecular formula is C14H19F4N3. The molecule has 1 heterocycles. The highest BCUT2D eigenvalue weighted by Gasteiger charge is 2.32. The second-order valence-corrected chi connectivity index (χ2v) is 5.30. The first-order chi connectivity index (χ1) is 9.87. The van der Waals surface area contributed by atoms with E-state index in [1.54, 1.807) is 12.1 Å². The summed E-state index contributed by atoms with van der Waals surface area (Å²) in [5.41, 5.74) is 6.72. The molecule has 1 aliphatic heterocycles. The number of piperazine rings is 1. The minimum Gasteiger partial charge on any atom is -0.326 e. The Morgan fingerprint density at radius 1 is 1.05 bits per heavy atom. The molecule has 7 heteroatoms. The summed E-state index contributed by atoms with van der Waals surface area (Å²) in [4.78, 5) is 3.35. The standard InChI is InChI=1S/C14H19F4N3/c15-13-7-11(8-19)1-2-12(13)9-20-3-5-21(6-4-20)10-14(16,17)18/h1-2,7H,3-6,8-10,19H2. The van der Waals surface area contributed by atoms with E-state index in [9.17, 15) is 17.6 Å². The fraction of sp³-hybridized carbons (Fsp3) is 0.571. The smallest absolute Gasteiger partial charge is 0.326 e. The highest BCUT2D eigenvalue weighted by Crippen LogP contribution is 2.19. The van der Waals surface area contributed by atoms with Crippen LogP contribution >= 0.6 is 0 Å². The van der Waals surface area contributed by atoms with Crippen LogP contribution in [0.5, 0.6) is 0 Å². The van der Waals surface area contributed by atoms with Gasteiger partial charge in [0.1, 0.15) is 5.82 Å². The van der Waals surface area contributed by atoms with Gasteiger partial charge in [-0.15, -0.1) is 0 Å². The summed E-state index contributed by atoms with van der Waals surface area (Å²) in [5.74, 6) is -0.310. The average molecular weight is 305 g/mol. The van der Waals surface area contributed by atoms with E-state index in [0.717, 1.165) is 5.56 Å². The molecule has 1 aromatic carbocycles. The average Bonchev–Trinajstić information content (AvgIpc) is 2.41. The van der Waals surface area contributed by atoms with Gasteiger partial charge in [0, 0.05) is 44.8 Å². The lowest BCUT2D eigenvalue weighted by Gasteiger charge is -2.35. The number of rotatable bonds is 4. The predicted octanol–water partition coefficient (Wildman–Crippen LogP) is 1.96. The van der Waals surface area contributed by atoms with Crippen molar-refractivity contribution in [2.75, 3.05) is 32.7 Å². The molecule has 0 aliphatic carbocycles. The SMILES string of the molecule is NCc1ccc(CN2CCN(CC(F)(F)F)CC2)c(F)c1. The maximum absolute atomic E-state index is 13.8. The molecule has 1 saturated heterocycles. The zero-order chi connectivity index (χ0) is 15.5. The minimum atomic E-state index is -4.16. The van der Waals surface area contributed by atoms with Gasteiger partial charge in [0.25, 0.3) is 0 Å². The van der Waals surface area contributed by atoms with Crippen molar-refractivity contribution in [3.05, 3.63) is 35.1 Å². The molecule has 0 radical (unpaired) electrons. The van der Waals surface area contributed by atoms with Crippen LogP contribution in [-0.4, -0.2) is 48.7 Å². The van der Waals surface area contributed by atoms with E-state index in [2.05, 4.69) is 0 Å². The third-order valence-electron chi connectivity index (χ3n) is 3.61. The summed E-state index contributed by atoms with van der Waals surface area (Å²) in [5, 5.41) is 0. The van der Waals surface area contributed by atoms with Gasteiger partial charge >= 0.3 is 6.18 Å². The van der Waals surface area contributed by atoms with Crippen LogP contribution in [0.15, 0.2) is 18.2 Å². The van der Waals surface area contributed by atoms with Gasteiger partial charge < -0.3 is 5.73 Å². The van der Waals surface area contributed by atoms with Crippen LogP contribution in [0.4, 0.5) is 17.6 Å². The van der Waals surface area contributed by atoms with Crippen LogP contribution in [0.1, 0.15) is 11.1 Å². The number of hydrogen-bond donors (Lipinski definition) is 1. The highest BCUT2D eigenvalue weighted by molar-refractivity contribution is 5.24. The van der Waals surface area contributed by atoms with E-state index in [-0.39, 0.29) is 12.4 Å². The molecular weight excluding hydrogens is 286 g/mol. The van der Waals surface area contributed by atoms with Gasteiger partial charge in [0.15, 0.2) is 0 Å². The number of benzene rings is 1. The molecule has 3 nitrogen and oxygen atoms in total. The Morgan fingerprint density at radius 3 is 2.19 bits per heavy atom. The Labute approximate surface area is 121 Å². The molecule has 0 amide bonds. The Bertz CT molecular complexity index is 468. The fourth-order valence-corrected chi connectivity index (χ4v) is 2.45. The summed E-state index contributed by atoms with van der Waals surface area (Å²) in [6.45, 7) is 1.54. The molecule has 0 bridgehead atoms. The van der Waals surface area contributed by atoms with Gasteiger partial charge in [-0.2, -0.15) is 13.2 Å². The van der Waals surface area contributed by atoms with Crippen molar-refractivity contribution in [3.63, 3.8) is 0 Å². The molecule has 21 heavy (non-hydrogen) atoms. The zero-order valence-electron chi connectivity index (χ0n) is 11.7. The summed E-state index contributed by atoms with van der Waals surface area (Å²) in [7, 11) is 0. The van der Waals surface area contributed by atoms with Crippen LogP contribution in [0.3, 0.4) is 0 Å². The van der Waals surface area contributed by atoms with Crippen LogP contribution in [0.25, 0.3) is 0 Å². The molecule has 0 unspecified atom stereocenters. The molecule has 2 N–H and O–H groups in total. The Morgan fingerprint density at radius 2 is 1.67 bits per heavy atom. The highest BCUT2D eigenvalue weighted by atomic mass is 19.4. The van der Waals surface area contributed by atoms with E-state index in [4.69, 9.17) is 5.73 Å². The minimum absolute atomic E-state index is 0.285. The molecule has 0 aromatic heterocycles. The van der Waals surface area contributed by atoms with Crippen molar-refractivity contribution >= 4 is 0 Å². The Hall–Kier alpha value is -1.18. The number of halogens is 4. The maximum Gasteiger partial charge on any atom is 0.401 e. The predicted molar refractivity (Wildman–Crippen MR) is 72.1 cm³/mol. The molecule has 2 rings (SSSR count). The van der Waals surface area contributed by atoms with E-state index in [1.165, 1.54) is 11.0 Å². The van der Waals surface area contributed by atoms with Crippen molar-refractivity contribution in [2.45, 2.75) is 19.3 Å². The molecule has 0 atom stereocenters. The van der Waals surface area contributed by atoms with Crippen molar-refractivity contribution in [2.24, 2.45) is 5.73 Å². The quantitative estimate of drug-likeness (QED) is 0.863. The fourth-order valence-electron chi connectivity index (χ4n) is 2.45. The normalized spacial score (nSPS) is 18.1. The largest absolute Gasteiger partial charge is 0.401 e. The van der Waals surface area contributed by atoms with Gasteiger partial charge in [0.05, 0.1) is 6.54 Å². The van der Waals surface area contributed by atoms with E-state index in [0.29, 0.717) is 38.3 Å². The molecule has 1 aromatic rings. The van der Waals surface area contributed by atoms with Crippen molar-refractivity contribution in [1.82, 2.24) is 9.80 Å². The van der Waals surface area contributed by atoms with Crippen molar-refractivity contribution in [1.29, 1.82) is 0 Å². The first kappa shape index (κ1) is 16.2. The first-order valence-electron chi connectivity index (χ1n) is 6.86. The van der Waals surface area contributed by atoms with Crippen molar-refractivity contribution < 1.29 is 17.6 Å². The van der Waals surface area contributed by atoms with Crippen LogP contribution < -0.4 is 5.73 Å². The van der Waals surface area contributed by atoms with Crippen LogP contribution in [0.2, 0.25) is 0 Å². The number of hydrogen-bond acceptors (Lipinski definition) is 3. The van der Waals surface area contributed by atoms with Gasteiger partial charge in [-0.25, -0.2) is 4.39 Å². The van der Waals surface area contributed by atoms with E-state index in [1.807, 2.05) is 4.90 Å². The molecule has 0 spiro atoms. The lowest BCUT2D eigenvalue weighted by molar-refractivity contribution is -0.149. The lowest BCUT2D eigenvalue weighted by Crippen LogP contribution is -2.48. The summed E-state index contributed by atoms with van der Waals surface area (Å²) >= 11 is 0. The van der Waals surface area contributed by atoms with Crippen molar-refractivity contribution in [3.8, 4) is 0 Å². The summed E-state index contributed by atoms with van der Waals surface area (Å²) in [6, 6.07) is 4.88. The molecule has 0 saturated carbocycles. The number of nitrogens with zero attached hydrogens (tertiary/aromatic N) is 2. The molecule has 118 valence electrons. The van der Waals surface area contributed by atoms with Gasteiger partial charge in [-0.3, -0.25) is 9.80 Å². The monoisotopic (exact) mass is 305 g/mol. The summed E-state index contributed by atoms with van der Waals surface area (Å²) in [6.07, 6.45) is -4.16. The van der Waals surface area contributed by atoms with Gasteiger partial charge in [0.2, 0.25) is 0 Å². The molecule has 1 fully saturated rings. The maximum atomic E-state index is 13.8. The van der Waals surface area contributed by atoms with Crippen LogP contribution in [-0.2, 0) is 13.1 Å². The van der Waals surface area contributed by atoms with Crippen LogP contribution in [0, 0.1) is 5.82 Å². The Kier molecular flexibility index (Phi) is 5.18. The Balaban J connectivity index is 1.86. The second-order valence-electron chi connectivity index (χ2n) is 5.30. The third kappa shape index (κ3) is 4.94. The van der Waals surface area contributed by atoms with E-state index < -0.39 is 12.7 Å².